The van der Waals surface area contributed by atoms with Crippen LogP contribution in [0, 0.1) is 5.92 Å². The van der Waals surface area contributed by atoms with Crippen molar-refractivity contribution in [1.29, 1.82) is 0 Å². The molecule has 1 aromatic carbocycles. The SMILES string of the molecule is CC(C)CCCOc1ccccc1OCCCC(C)S. The summed E-state index contributed by atoms with van der Waals surface area (Å²) in [6.45, 7) is 8.05. The van der Waals surface area contributed by atoms with Gasteiger partial charge in [-0.2, -0.15) is 12.6 Å². The summed E-state index contributed by atoms with van der Waals surface area (Å²) in [4.78, 5) is 0. The summed E-state index contributed by atoms with van der Waals surface area (Å²) >= 11 is 4.37. The number of hydrogen-bond acceptors (Lipinski definition) is 3. The van der Waals surface area contributed by atoms with E-state index in [9.17, 15) is 0 Å². The molecule has 0 saturated carbocycles. The largest absolute Gasteiger partial charge is 0.490 e. The first-order chi connectivity index (χ1) is 9.59. The first kappa shape index (κ1) is 17.2. The topological polar surface area (TPSA) is 18.5 Å². The molecule has 0 aliphatic carbocycles. The molecule has 0 heterocycles. The maximum Gasteiger partial charge on any atom is 0.161 e. The van der Waals surface area contributed by atoms with Gasteiger partial charge in [-0.25, -0.2) is 0 Å². The molecule has 0 saturated heterocycles. The Kier molecular flexibility index (Phi) is 8.59. The zero-order chi connectivity index (χ0) is 14.8. The smallest absolute Gasteiger partial charge is 0.161 e. The van der Waals surface area contributed by atoms with Crippen molar-refractivity contribution in [1.82, 2.24) is 0 Å². The lowest BCUT2D eigenvalue weighted by atomic mass is 10.1. The van der Waals surface area contributed by atoms with E-state index in [0.29, 0.717) is 5.25 Å². The molecular formula is C17H28O2S. The van der Waals surface area contributed by atoms with Crippen molar-refractivity contribution in [2.24, 2.45) is 5.92 Å². The van der Waals surface area contributed by atoms with Gasteiger partial charge in [-0.15, -0.1) is 0 Å². The summed E-state index contributed by atoms with van der Waals surface area (Å²) in [7, 11) is 0. The van der Waals surface area contributed by atoms with Gasteiger partial charge in [-0.1, -0.05) is 32.9 Å². The maximum absolute atomic E-state index is 5.83. The van der Waals surface area contributed by atoms with Gasteiger partial charge >= 0.3 is 0 Å². The number of para-hydroxylation sites is 2. The summed E-state index contributed by atoms with van der Waals surface area (Å²) in [6.07, 6.45) is 4.37. The molecule has 0 aromatic heterocycles. The van der Waals surface area contributed by atoms with Crippen LogP contribution in [0.4, 0.5) is 0 Å². The molecule has 114 valence electrons. The van der Waals surface area contributed by atoms with Crippen LogP contribution in [0.25, 0.3) is 0 Å². The monoisotopic (exact) mass is 296 g/mol. The average Bonchev–Trinajstić information content (AvgIpc) is 2.40. The fourth-order valence-corrected chi connectivity index (χ4v) is 2.11. The molecule has 0 N–H and O–H groups in total. The summed E-state index contributed by atoms with van der Waals surface area (Å²) in [6, 6.07) is 7.92. The minimum atomic E-state index is 0.432. The predicted molar refractivity (Wildman–Crippen MR) is 89.2 cm³/mol. The van der Waals surface area contributed by atoms with Crippen molar-refractivity contribution in [3.05, 3.63) is 24.3 Å². The van der Waals surface area contributed by atoms with Crippen molar-refractivity contribution < 1.29 is 9.47 Å². The van der Waals surface area contributed by atoms with Crippen molar-refractivity contribution in [2.45, 2.75) is 51.7 Å². The number of thiol groups is 1. The molecule has 0 bridgehead atoms. The third-order valence-corrected chi connectivity index (χ3v) is 3.31. The van der Waals surface area contributed by atoms with Crippen molar-refractivity contribution in [2.75, 3.05) is 13.2 Å². The van der Waals surface area contributed by atoms with Crippen molar-refractivity contribution >= 4 is 12.6 Å². The van der Waals surface area contributed by atoms with E-state index in [0.717, 1.165) is 49.9 Å². The van der Waals surface area contributed by atoms with E-state index >= 15 is 0 Å². The van der Waals surface area contributed by atoms with Crippen molar-refractivity contribution in [3.63, 3.8) is 0 Å². The second-order valence-corrected chi connectivity index (χ2v) is 6.55. The fourth-order valence-electron chi connectivity index (χ4n) is 1.92. The first-order valence-electron chi connectivity index (χ1n) is 7.62. The minimum absolute atomic E-state index is 0.432. The lowest BCUT2D eigenvalue weighted by Crippen LogP contribution is -2.04. The highest BCUT2D eigenvalue weighted by Crippen LogP contribution is 2.27. The van der Waals surface area contributed by atoms with Crippen LogP contribution in [0.2, 0.25) is 0 Å². The highest BCUT2D eigenvalue weighted by molar-refractivity contribution is 7.80. The van der Waals surface area contributed by atoms with Gasteiger partial charge in [0.05, 0.1) is 13.2 Å². The number of hydrogen-bond donors (Lipinski definition) is 1. The van der Waals surface area contributed by atoms with Crippen LogP contribution >= 0.6 is 12.6 Å². The molecule has 2 nitrogen and oxygen atoms in total. The molecule has 1 atom stereocenters. The van der Waals surface area contributed by atoms with E-state index in [1.165, 1.54) is 6.42 Å². The van der Waals surface area contributed by atoms with E-state index in [2.05, 4.69) is 33.4 Å². The molecule has 1 rings (SSSR count). The Morgan fingerprint density at radius 1 is 0.900 bits per heavy atom. The third-order valence-electron chi connectivity index (χ3n) is 3.06. The van der Waals surface area contributed by atoms with Gasteiger partial charge in [0.1, 0.15) is 0 Å². The second kappa shape index (κ2) is 9.98. The summed E-state index contributed by atoms with van der Waals surface area (Å²) in [5.74, 6) is 2.44. The van der Waals surface area contributed by atoms with E-state index in [4.69, 9.17) is 9.47 Å². The highest BCUT2D eigenvalue weighted by atomic mass is 32.1. The molecule has 1 unspecified atom stereocenters. The standard InChI is InChI=1S/C17H28O2S/c1-14(2)8-6-12-18-16-10-4-5-11-17(16)19-13-7-9-15(3)20/h4-5,10-11,14-15,20H,6-9,12-13H2,1-3H3. The Labute approximate surface area is 129 Å². The molecule has 0 aliphatic rings. The van der Waals surface area contributed by atoms with Gasteiger partial charge in [0.25, 0.3) is 0 Å². The zero-order valence-electron chi connectivity index (χ0n) is 13.0. The molecule has 0 fully saturated rings. The normalized spacial score (nSPS) is 12.4. The molecule has 0 amide bonds. The maximum atomic E-state index is 5.83. The lowest BCUT2D eigenvalue weighted by molar-refractivity contribution is 0.257. The van der Waals surface area contributed by atoms with Gasteiger partial charge in [-0.3, -0.25) is 0 Å². The van der Waals surface area contributed by atoms with E-state index in [1.807, 2.05) is 24.3 Å². The highest BCUT2D eigenvalue weighted by Gasteiger charge is 2.04. The van der Waals surface area contributed by atoms with E-state index < -0.39 is 0 Å². The van der Waals surface area contributed by atoms with Gasteiger partial charge in [0.15, 0.2) is 11.5 Å². The Hall–Kier alpha value is -0.830. The Morgan fingerprint density at radius 2 is 1.40 bits per heavy atom. The number of ether oxygens (including phenoxy) is 2. The second-order valence-electron chi connectivity index (χ2n) is 5.67. The molecular weight excluding hydrogens is 268 g/mol. The van der Waals surface area contributed by atoms with Crippen LogP contribution in [0.15, 0.2) is 24.3 Å². The van der Waals surface area contributed by atoms with Crippen LogP contribution in [0.1, 0.15) is 46.5 Å². The van der Waals surface area contributed by atoms with Gasteiger partial charge < -0.3 is 9.47 Å². The van der Waals surface area contributed by atoms with E-state index in [1.54, 1.807) is 0 Å². The van der Waals surface area contributed by atoms with Crippen LogP contribution in [-0.2, 0) is 0 Å². The van der Waals surface area contributed by atoms with Crippen LogP contribution in [-0.4, -0.2) is 18.5 Å². The zero-order valence-corrected chi connectivity index (χ0v) is 13.9. The number of benzene rings is 1. The minimum Gasteiger partial charge on any atom is -0.490 e. The quantitative estimate of drug-likeness (QED) is 0.485. The van der Waals surface area contributed by atoms with Gasteiger partial charge in [-0.05, 0) is 49.0 Å². The van der Waals surface area contributed by atoms with Crippen LogP contribution in [0.5, 0.6) is 11.5 Å². The molecule has 1 aromatic rings. The molecule has 0 radical (unpaired) electrons. The van der Waals surface area contributed by atoms with Gasteiger partial charge in [0.2, 0.25) is 0 Å². The molecule has 0 aliphatic heterocycles. The van der Waals surface area contributed by atoms with E-state index in [-0.39, 0.29) is 0 Å². The van der Waals surface area contributed by atoms with Crippen molar-refractivity contribution in [3.8, 4) is 11.5 Å². The summed E-state index contributed by atoms with van der Waals surface area (Å²) in [5, 5.41) is 0.432. The van der Waals surface area contributed by atoms with Gasteiger partial charge in [0, 0.05) is 0 Å². The first-order valence-corrected chi connectivity index (χ1v) is 8.14. The Balaban J connectivity index is 2.34. The molecule has 20 heavy (non-hydrogen) atoms. The number of rotatable bonds is 10. The van der Waals surface area contributed by atoms with Crippen LogP contribution in [0.3, 0.4) is 0 Å². The summed E-state index contributed by atoms with van der Waals surface area (Å²) in [5.41, 5.74) is 0. The van der Waals surface area contributed by atoms with Crippen LogP contribution < -0.4 is 9.47 Å². The third kappa shape index (κ3) is 7.68. The Morgan fingerprint density at radius 3 is 1.85 bits per heavy atom. The Bertz CT molecular complexity index is 329. The lowest BCUT2D eigenvalue weighted by Gasteiger charge is -2.13. The molecule has 0 spiro atoms. The molecule has 3 heteroatoms. The summed E-state index contributed by atoms with van der Waals surface area (Å²) < 4.78 is 11.6. The average molecular weight is 296 g/mol. The fraction of sp³-hybridized carbons (Fsp3) is 0.647. The predicted octanol–water partition coefficient (Wildman–Crippen LogP) is 4.98.